The van der Waals surface area contributed by atoms with Crippen molar-refractivity contribution in [2.75, 3.05) is 0 Å². The Bertz CT molecular complexity index is 791. The molecule has 0 saturated heterocycles. The minimum absolute atomic E-state index is 0. The fraction of sp³-hybridized carbons (Fsp3) is 0. The van der Waals surface area contributed by atoms with Crippen LogP contribution in [0.3, 0.4) is 0 Å². The predicted molar refractivity (Wildman–Crippen MR) is 72.6 cm³/mol. The van der Waals surface area contributed by atoms with Crippen LogP contribution in [0.4, 0.5) is 0 Å². The third-order valence-corrected chi connectivity index (χ3v) is 4.30. The zero-order valence-corrected chi connectivity index (χ0v) is 15.7. The summed E-state index contributed by atoms with van der Waals surface area (Å²) in [5, 5.41) is 0. The minimum atomic E-state index is -4.34. The van der Waals surface area contributed by atoms with Crippen molar-refractivity contribution in [2.24, 2.45) is 0 Å². The second-order valence-electron chi connectivity index (χ2n) is 4.01. The molecule has 2 aromatic rings. The Hall–Kier alpha value is -0.104. The van der Waals surface area contributed by atoms with Crippen LogP contribution in [0.5, 0.6) is 0 Å². The first kappa shape index (κ1) is 18.9. The van der Waals surface area contributed by atoms with Gasteiger partial charge in [-0.2, -0.15) is 16.8 Å². The quantitative estimate of drug-likeness (QED) is 0.539. The monoisotopic (exact) mass is 354 g/mol. The molecule has 0 aliphatic rings. The summed E-state index contributed by atoms with van der Waals surface area (Å²) in [5.41, 5.74) is 0.788. The SMILES string of the molecule is O=S(=O)(O)c1cccc(-c2cccc(S(=O)(=O)O)c2)c1.[H-].[K+]. The van der Waals surface area contributed by atoms with E-state index in [9.17, 15) is 16.8 Å². The van der Waals surface area contributed by atoms with E-state index in [1.54, 1.807) is 12.1 Å². The summed E-state index contributed by atoms with van der Waals surface area (Å²) in [6.07, 6.45) is 0. The summed E-state index contributed by atoms with van der Waals surface area (Å²) in [5.74, 6) is 0. The van der Waals surface area contributed by atoms with Crippen molar-refractivity contribution < 1.29 is 78.8 Å². The normalized spacial score (nSPS) is 11.7. The molecule has 0 atom stereocenters. The standard InChI is InChI=1S/C12H10O6S2.K.H/c13-19(14,15)11-5-1-3-9(7-11)10-4-2-6-12(8-10)20(16,17)18;;/h1-8H,(H,13,14,15)(H,16,17,18);;/q;+1;-1. The van der Waals surface area contributed by atoms with Gasteiger partial charge in [0, 0.05) is 0 Å². The van der Waals surface area contributed by atoms with Crippen LogP contribution in [0.15, 0.2) is 58.3 Å². The van der Waals surface area contributed by atoms with Gasteiger partial charge in [0.25, 0.3) is 20.2 Å². The Labute approximate surface area is 166 Å². The van der Waals surface area contributed by atoms with E-state index < -0.39 is 20.2 Å². The zero-order valence-electron chi connectivity index (χ0n) is 12.0. The molecule has 0 amide bonds. The summed E-state index contributed by atoms with van der Waals surface area (Å²) < 4.78 is 62.2. The molecule has 108 valence electrons. The van der Waals surface area contributed by atoms with Crippen molar-refractivity contribution in [3.63, 3.8) is 0 Å². The number of rotatable bonds is 3. The van der Waals surface area contributed by atoms with E-state index in [0.29, 0.717) is 11.1 Å². The van der Waals surface area contributed by atoms with E-state index in [4.69, 9.17) is 9.11 Å². The van der Waals surface area contributed by atoms with Crippen LogP contribution in [-0.4, -0.2) is 25.9 Å². The Balaban J connectivity index is 0.00000220. The molecule has 2 aromatic carbocycles. The largest absolute Gasteiger partial charge is 1.00 e. The average Bonchev–Trinajstić information content (AvgIpc) is 2.37. The predicted octanol–water partition coefficient (Wildman–Crippen LogP) is -1.04. The molecule has 0 fully saturated rings. The molecule has 0 saturated carbocycles. The Kier molecular flexibility index (Phi) is 6.30. The molecule has 0 aliphatic carbocycles. The van der Waals surface area contributed by atoms with Gasteiger partial charge in [0.2, 0.25) is 0 Å². The maximum absolute atomic E-state index is 11.1. The molecule has 9 heteroatoms. The molecule has 2 N–H and O–H groups in total. The van der Waals surface area contributed by atoms with Crippen molar-refractivity contribution in [2.45, 2.75) is 9.79 Å². The first-order valence-corrected chi connectivity index (χ1v) is 8.21. The number of hydrogen-bond donors (Lipinski definition) is 2. The fourth-order valence-electron chi connectivity index (χ4n) is 1.67. The fourth-order valence-corrected chi connectivity index (χ4v) is 2.73. The van der Waals surface area contributed by atoms with Gasteiger partial charge in [0.15, 0.2) is 0 Å². The van der Waals surface area contributed by atoms with Crippen LogP contribution in [0, 0.1) is 0 Å². The van der Waals surface area contributed by atoms with Gasteiger partial charge in [-0.3, -0.25) is 9.11 Å². The molecule has 0 bridgehead atoms. The van der Waals surface area contributed by atoms with E-state index in [2.05, 4.69) is 0 Å². The van der Waals surface area contributed by atoms with Crippen LogP contribution >= 0.6 is 0 Å². The van der Waals surface area contributed by atoms with Crippen LogP contribution < -0.4 is 51.4 Å². The third kappa shape index (κ3) is 4.95. The summed E-state index contributed by atoms with van der Waals surface area (Å²) in [6, 6.07) is 10.8. The number of hydrogen-bond acceptors (Lipinski definition) is 4. The van der Waals surface area contributed by atoms with Crippen LogP contribution in [0.25, 0.3) is 11.1 Å². The summed E-state index contributed by atoms with van der Waals surface area (Å²) in [4.78, 5) is -0.598. The Morgan fingerprint density at radius 3 is 1.33 bits per heavy atom. The topological polar surface area (TPSA) is 109 Å². The van der Waals surface area contributed by atoms with Crippen LogP contribution in [-0.2, 0) is 20.2 Å². The van der Waals surface area contributed by atoms with Gasteiger partial charge in [-0.05, 0) is 35.4 Å². The first-order valence-electron chi connectivity index (χ1n) is 5.33. The summed E-state index contributed by atoms with van der Waals surface area (Å²) >= 11 is 0. The van der Waals surface area contributed by atoms with Gasteiger partial charge < -0.3 is 1.43 Å². The van der Waals surface area contributed by atoms with Gasteiger partial charge in [0.05, 0.1) is 9.79 Å². The molecule has 21 heavy (non-hydrogen) atoms. The average molecular weight is 354 g/mol. The summed E-state index contributed by atoms with van der Waals surface area (Å²) in [6.45, 7) is 0. The smallest absolute Gasteiger partial charge is 1.00 e. The van der Waals surface area contributed by atoms with E-state index >= 15 is 0 Å². The molecule has 0 aliphatic heterocycles. The van der Waals surface area contributed by atoms with Gasteiger partial charge >= 0.3 is 51.4 Å². The van der Waals surface area contributed by atoms with E-state index in [1.807, 2.05) is 0 Å². The Morgan fingerprint density at radius 1 is 0.714 bits per heavy atom. The molecular formula is C12H11KO6S2. The van der Waals surface area contributed by atoms with E-state index in [1.165, 1.54) is 36.4 Å². The van der Waals surface area contributed by atoms with Crippen molar-refractivity contribution in [3.05, 3.63) is 48.5 Å². The van der Waals surface area contributed by atoms with E-state index in [-0.39, 0.29) is 62.6 Å². The number of benzene rings is 2. The van der Waals surface area contributed by atoms with Crippen molar-refractivity contribution >= 4 is 20.2 Å². The van der Waals surface area contributed by atoms with Gasteiger partial charge in [0.1, 0.15) is 0 Å². The van der Waals surface area contributed by atoms with Crippen molar-refractivity contribution in [1.29, 1.82) is 0 Å². The van der Waals surface area contributed by atoms with Crippen molar-refractivity contribution in [3.8, 4) is 11.1 Å². The van der Waals surface area contributed by atoms with Gasteiger partial charge in [-0.15, -0.1) is 0 Å². The summed E-state index contributed by atoms with van der Waals surface area (Å²) in [7, 11) is -8.68. The third-order valence-electron chi connectivity index (χ3n) is 2.60. The zero-order chi connectivity index (χ0) is 15.0. The molecule has 0 radical (unpaired) electrons. The van der Waals surface area contributed by atoms with Gasteiger partial charge in [-0.1, -0.05) is 24.3 Å². The second-order valence-corrected chi connectivity index (χ2v) is 6.85. The molecule has 0 spiro atoms. The minimum Gasteiger partial charge on any atom is -1.00 e. The molecule has 0 unspecified atom stereocenters. The second kappa shape index (κ2) is 6.98. The van der Waals surface area contributed by atoms with Gasteiger partial charge in [-0.25, -0.2) is 0 Å². The maximum Gasteiger partial charge on any atom is 1.00 e. The molecular weight excluding hydrogens is 343 g/mol. The van der Waals surface area contributed by atoms with E-state index in [0.717, 1.165) is 0 Å². The first-order chi connectivity index (χ1) is 9.18. The van der Waals surface area contributed by atoms with Crippen LogP contribution in [0.1, 0.15) is 1.43 Å². The molecule has 0 heterocycles. The Morgan fingerprint density at radius 2 is 1.05 bits per heavy atom. The molecule has 0 aromatic heterocycles. The van der Waals surface area contributed by atoms with Crippen LogP contribution in [0.2, 0.25) is 0 Å². The molecule has 2 rings (SSSR count). The maximum atomic E-state index is 11.1. The molecule has 6 nitrogen and oxygen atoms in total. The van der Waals surface area contributed by atoms with Crippen molar-refractivity contribution in [1.82, 2.24) is 0 Å².